The van der Waals surface area contributed by atoms with Gasteiger partial charge >= 0.3 is 0 Å². The molecule has 0 fully saturated rings. The van der Waals surface area contributed by atoms with Crippen LogP contribution < -0.4 is 4.72 Å². The van der Waals surface area contributed by atoms with Crippen molar-refractivity contribution < 1.29 is 13.2 Å². The Morgan fingerprint density at radius 3 is 2.76 bits per heavy atom. The summed E-state index contributed by atoms with van der Waals surface area (Å²) >= 11 is 0. The van der Waals surface area contributed by atoms with Crippen LogP contribution in [0.5, 0.6) is 0 Å². The van der Waals surface area contributed by atoms with Crippen LogP contribution in [-0.4, -0.2) is 37.1 Å². The average molecular weight is 261 g/mol. The SMILES string of the molecule is CCc1cc(NS(=O)(=O)CCOC(C)C)n[nH]1. The van der Waals surface area contributed by atoms with Gasteiger partial charge in [0, 0.05) is 11.8 Å². The first-order chi connectivity index (χ1) is 7.93. The van der Waals surface area contributed by atoms with Gasteiger partial charge < -0.3 is 4.74 Å². The number of hydrogen-bond acceptors (Lipinski definition) is 4. The van der Waals surface area contributed by atoms with Gasteiger partial charge in [0.15, 0.2) is 5.82 Å². The number of aromatic nitrogens is 2. The molecule has 1 aromatic heterocycles. The number of anilines is 1. The predicted octanol–water partition coefficient (Wildman–Crippen LogP) is 1.14. The number of nitrogens with zero attached hydrogens (tertiary/aromatic N) is 1. The van der Waals surface area contributed by atoms with Crippen molar-refractivity contribution in [3.05, 3.63) is 11.8 Å². The quantitative estimate of drug-likeness (QED) is 0.771. The van der Waals surface area contributed by atoms with Crippen LogP contribution in [0.15, 0.2) is 6.07 Å². The van der Waals surface area contributed by atoms with E-state index in [4.69, 9.17) is 4.74 Å². The van der Waals surface area contributed by atoms with Gasteiger partial charge in [0.05, 0.1) is 18.5 Å². The van der Waals surface area contributed by atoms with Crippen LogP contribution in [-0.2, 0) is 21.2 Å². The van der Waals surface area contributed by atoms with Crippen LogP contribution >= 0.6 is 0 Å². The van der Waals surface area contributed by atoms with Crippen molar-refractivity contribution in [3.63, 3.8) is 0 Å². The summed E-state index contributed by atoms with van der Waals surface area (Å²) in [6.45, 7) is 5.86. The van der Waals surface area contributed by atoms with Crippen LogP contribution in [0.1, 0.15) is 26.5 Å². The maximum atomic E-state index is 11.6. The van der Waals surface area contributed by atoms with Gasteiger partial charge in [0.2, 0.25) is 10.0 Å². The van der Waals surface area contributed by atoms with E-state index >= 15 is 0 Å². The van der Waals surface area contributed by atoms with Gasteiger partial charge in [-0.1, -0.05) is 6.92 Å². The molecule has 1 rings (SSSR count). The lowest BCUT2D eigenvalue weighted by atomic mass is 10.3. The number of nitrogens with one attached hydrogen (secondary N) is 2. The molecule has 0 radical (unpaired) electrons. The van der Waals surface area contributed by atoms with E-state index < -0.39 is 10.0 Å². The summed E-state index contributed by atoms with van der Waals surface area (Å²) in [6.07, 6.45) is 0.813. The third-order valence-electron chi connectivity index (χ3n) is 2.08. The van der Waals surface area contributed by atoms with E-state index in [1.54, 1.807) is 6.07 Å². The molecular formula is C10H19N3O3S. The van der Waals surface area contributed by atoms with E-state index in [0.717, 1.165) is 12.1 Å². The van der Waals surface area contributed by atoms with Gasteiger partial charge in [-0.05, 0) is 20.3 Å². The fraction of sp³-hybridized carbons (Fsp3) is 0.700. The Hall–Kier alpha value is -1.08. The van der Waals surface area contributed by atoms with Crippen LogP contribution in [0, 0.1) is 0 Å². The van der Waals surface area contributed by atoms with Crippen molar-refractivity contribution in [2.45, 2.75) is 33.3 Å². The predicted molar refractivity (Wildman–Crippen MR) is 66.5 cm³/mol. The fourth-order valence-corrected chi connectivity index (χ4v) is 2.04. The molecule has 1 aromatic rings. The molecule has 98 valence electrons. The summed E-state index contributed by atoms with van der Waals surface area (Å²) < 4.78 is 30.9. The lowest BCUT2D eigenvalue weighted by Crippen LogP contribution is -2.21. The molecule has 0 amide bonds. The summed E-state index contributed by atoms with van der Waals surface area (Å²) in [5.41, 5.74) is 0.890. The zero-order chi connectivity index (χ0) is 12.9. The number of sulfonamides is 1. The molecule has 0 atom stereocenters. The molecule has 0 aliphatic rings. The maximum absolute atomic E-state index is 11.6. The van der Waals surface area contributed by atoms with Gasteiger partial charge in [-0.15, -0.1) is 0 Å². The molecule has 0 aliphatic heterocycles. The molecular weight excluding hydrogens is 242 g/mol. The Bertz CT molecular complexity index is 439. The molecule has 0 aromatic carbocycles. The van der Waals surface area contributed by atoms with Gasteiger partial charge in [0.25, 0.3) is 0 Å². The second-order valence-electron chi connectivity index (χ2n) is 3.97. The molecule has 0 aliphatic carbocycles. The zero-order valence-electron chi connectivity index (χ0n) is 10.4. The number of aryl methyl sites for hydroxylation is 1. The lowest BCUT2D eigenvalue weighted by molar-refractivity contribution is 0.0913. The molecule has 2 N–H and O–H groups in total. The minimum Gasteiger partial charge on any atom is -0.378 e. The highest BCUT2D eigenvalue weighted by Crippen LogP contribution is 2.08. The highest BCUT2D eigenvalue weighted by molar-refractivity contribution is 7.92. The Kier molecular flexibility index (Phi) is 4.95. The number of hydrogen-bond donors (Lipinski definition) is 2. The fourth-order valence-electron chi connectivity index (χ4n) is 1.20. The maximum Gasteiger partial charge on any atom is 0.236 e. The Morgan fingerprint density at radius 2 is 2.24 bits per heavy atom. The third kappa shape index (κ3) is 5.18. The van der Waals surface area contributed by atoms with Crippen molar-refractivity contribution in [3.8, 4) is 0 Å². The van der Waals surface area contributed by atoms with Crippen LogP contribution in [0.2, 0.25) is 0 Å². The summed E-state index contributed by atoms with van der Waals surface area (Å²) in [5, 5.41) is 6.60. The Labute approximate surface area is 102 Å². The van der Waals surface area contributed by atoms with Gasteiger partial charge in [-0.25, -0.2) is 8.42 Å². The lowest BCUT2D eigenvalue weighted by Gasteiger charge is -2.08. The summed E-state index contributed by atoms with van der Waals surface area (Å²) in [6, 6.07) is 1.68. The van der Waals surface area contributed by atoms with E-state index in [1.165, 1.54) is 0 Å². The molecule has 0 unspecified atom stereocenters. The second kappa shape index (κ2) is 6.02. The first kappa shape index (κ1) is 14.0. The van der Waals surface area contributed by atoms with Gasteiger partial charge in [-0.2, -0.15) is 5.10 Å². The topological polar surface area (TPSA) is 84.1 Å². The van der Waals surface area contributed by atoms with E-state index in [2.05, 4.69) is 14.9 Å². The highest BCUT2D eigenvalue weighted by Gasteiger charge is 2.12. The Morgan fingerprint density at radius 1 is 1.53 bits per heavy atom. The first-order valence-corrected chi connectivity index (χ1v) is 7.24. The number of H-pyrrole nitrogens is 1. The zero-order valence-corrected chi connectivity index (χ0v) is 11.2. The normalized spacial score (nSPS) is 12.0. The van der Waals surface area contributed by atoms with E-state index in [-0.39, 0.29) is 18.5 Å². The minimum atomic E-state index is -3.38. The number of aromatic amines is 1. The number of ether oxygens (including phenoxy) is 1. The molecule has 17 heavy (non-hydrogen) atoms. The van der Waals surface area contributed by atoms with E-state index in [1.807, 2.05) is 20.8 Å². The van der Waals surface area contributed by atoms with Crippen LogP contribution in [0.4, 0.5) is 5.82 Å². The van der Waals surface area contributed by atoms with Crippen molar-refractivity contribution in [2.24, 2.45) is 0 Å². The molecule has 6 nitrogen and oxygen atoms in total. The van der Waals surface area contributed by atoms with Gasteiger partial charge in [0.1, 0.15) is 0 Å². The molecule has 0 saturated heterocycles. The van der Waals surface area contributed by atoms with E-state index in [9.17, 15) is 8.42 Å². The van der Waals surface area contributed by atoms with E-state index in [0.29, 0.717) is 5.82 Å². The van der Waals surface area contributed by atoms with Crippen molar-refractivity contribution >= 4 is 15.8 Å². The molecule has 0 spiro atoms. The Balaban J connectivity index is 2.48. The van der Waals surface area contributed by atoms with Crippen molar-refractivity contribution in [1.29, 1.82) is 0 Å². The third-order valence-corrected chi connectivity index (χ3v) is 3.30. The molecule has 0 bridgehead atoms. The minimum absolute atomic E-state index is 0.0299. The largest absolute Gasteiger partial charge is 0.378 e. The standard InChI is InChI=1S/C10H19N3O3S/c1-4-9-7-10(12-11-9)13-17(14,15)6-5-16-8(2)3/h7-8H,4-6H2,1-3H3,(H2,11,12,13). The highest BCUT2D eigenvalue weighted by atomic mass is 32.2. The van der Waals surface area contributed by atoms with Gasteiger partial charge in [-0.3, -0.25) is 9.82 Å². The average Bonchev–Trinajstić information content (AvgIpc) is 2.63. The van der Waals surface area contributed by atoms with Crippen LogP contribution in [0.3, 0.4) is 0 Å². The monoisotopic (exact) mass is 261 g/mol. The second-order valence-corrected chi connectivity index (χ2v) is 5.81. The van der Waals surface area contributed by atoms with Crippen molar-refractivity contribution in [2.75, 3.05) is 17.1 Å². The van der Waals surface area contributed by atoms with Crippen molar-refractivity contribution in [1.82, 2.24) is 10.2 Å². The molecule has 1 heterocycles. The first-order valence-electron chi connectivity index (χ1n) is 5.59. The summed E-state index contributed by atoms with van der Waals surface area (Å²) in [4.78, 5) is 0. The molecule has 7 heteroatoms. The smallest absolute Gasteiger partial charge is 0.236 e. The number of rotatable bonds is 7. The summed E-state index contributed by atoms with van der Waals surface area (Å²) in [7, 11) is -3.38. The van der Waals surface area contributed by atoms with Crippen LogP contribution in [0.25, 0.3) is 0 Å². The summed E-state index contributed by atoms with van der Waals surface area (Å²) in [5.74, 6) is 0.255. The molecule has 0 saturated carbocycles.